The Hall–Kier alpha value is -10.7. The zero-order valence-electron chi connectivity index (χ0n) is 66.0. The van der Waals surface area contributed by atoms with Gasteiger partial charge in [0.2, 0.25) is 11.8 Å². The summed E-state index contributed by atoms with van der Waals surface area (Å²) < 4.78 is 21.6. The van der Waals surface area contributed by atoms with E-state index in [1.54, 1.807) is 30.3 Å². The van der Waals surface area contributed by atoms with Crippen molar-refractivity contribution in [3.8, 4) is 40.7 Å². The number of hydrogen-bond donors (Lipinski definition) is 4. The number of aliphatic imine (C=N–C) groups is 2. The topological polar surface area (TPSA) is 345 Å². The number of carbonyl (C=O) groups excluding carboxylic acids is 4. The van der Waals surface area contributed by atoms with Gasteiger partial charge in [0.05, 0.1) is 62.0 Å². The van der Waals surface area contributed by atoms with Crippen molar-refractivity contribution in [2.75, 3.05) is 60.5 Å². The number of amides is 2. The lowest BCUT2D eigenvalue weighted by atomic mass is 9.75. The molecule has 12 rings (SSSR count). The van der Waals surface area contributed by atoms with Crippen LogP contribution in [-0.4, -0.2) is 145 Å². The summed E-state index contributed by atoms with van der Waals surface area (Å²) in [5.41, 5.74) is 8.57. The number of aryl methyl sites for hydroxylation is 2. The van der Waals surface area contributed by atoms with E-state index in [0.29, 0.717) is 84.1 Å². The number of benzene rings is 4. The molecule has 0 bridgehead atoms. The molecular formula is C84H100N14O13. The Balaban J connectivity index is 0.801. The van der Waals surface area contributed by atoms with E-state index in [-0.39, 0.29) is 147 Å². The van der Waals surface area contributed by atoms with E-state index >= 15 is 0 Å². The van der Waals surface area contributed by atoms with Crippen LogP contribution in [0.4, 0.5) is 34.1 Å². The quantitative estimate of drug-likeness (QED) is 0.00978. The van der Waals surface area contributed by atoms with Crippen molar-refractivity contribution in [1.29, 1.82) is 10.5 Å². The van der Waals surface area contributed by atoms with Crippen LogP contribution in [0.3, 0.4) is 0 Å². The van der Waals surface area contributed by atoms with Gasteiger partial charge in [0.15, 0.2) is 41.3 Å². The number of aldehydes is 1. The van der Waals surface area contributed by atoms with Gasteiger partial charge in [-0.3, -0.25) is 19.2 Å². The Morgan fingerprint density at radius 3 is 1.70 bits per heavy atom. The molecule has 27 heteroatoms. The van der Waals surface area contributed by atoms with E-state index in [2.05, 4.69) is 151 Å². The summed E-state index contributed by atoms with van der Waals surface area (Å²) in [6.45, 7) is 35.7. The highest BCUT2D eigenvalue weighted by molar-refractivity contribution is 6.30. The van der Waals surface area contributed by atoms with Gasteiger partial charge >= 0.3 is 11.9 Å². The van der Waals surface area contributed by atoms with Crippen molar-refractivity contribution in [2.24, 2.45) is 45.5 Å². The number of hydrogen-bond acceptors (Lipinski definition) is 22. The van der Waals surface area contributed by atoms with Gasteiger partial charge in [-0.1, -0.05) is 68.0 Å². The second-order valence-electron chi connectivity index (χ2n) is 32.6. The Morgan fingerprint density at radius 1 is 0.676 bits per heavy atom. The Morgan fingerprint density at radius 2 is 1.18 bits per heavy atom. The number of esters is 1. The summed E-state index contributed by atoms with van der Waals surface area (Å²) in [7, 11) is 1.45. The monoisotopic (exact) mass is 1510 g/mol. The summed E-state index contributed by atoms with van der Waals surface area (Å²) in [4.78, 5) is 106. The molecule has 0 radical (unpaired) electrons. The first kappa shape index (κ1) is 79.8. The van der Waals surface area contributed by atoms with Crippen molar-refractivity contribution < 1.29 is 63.2 Å². The maximum Gasteiger partial charge on any atom is 0.343 e. The van der Waals surface area contributed by atoms with Gasteiger partial charge in [0.1, 0.15) is 53.1 Å². The third-order valence-corrected chi connectivity index (χ3v) is 22.8. The number of carbonyl (C=O) groups is 5. The average Bonchev–Trinajstić information content (AvgIpc) is 1.58. The molecule has 2 aliphatic carbocycles. The van der Waals surface area contributed by atoms with Crippen LogP contribution in [0.5, 0.6) is 5.75 Å². The van der Waals surface area contributed by atoms with Crippen LogP contribution in [-0.2, 0) is 43.3 Å². The maximum absolute atomic E-state index is 14.8. The summed E-state index contributed by atoms with van der Waals surface area (Å²) in [6, 6.07) is 22.8. The number of rotatable bonds is 26. The number of methoxy groups -OCH3 is 1. The summed E-state index contributed by atoms with van der Waals surface area (Å²) in [5.74, 6) is 0.0990. The number of anilines is 4. The van der Waals surface area contributed by atoms with Gasteiger partial charge in [-0.25, -0.2) is 39.8 Å². The Labute approximate surface area is 647 Å². The molecule has 111 heavy (non-hydrogen) atoms. The van der Waals surface area contributed by atoms with Crippen LogP contribution in [0.1, 0.15) is 197 Å². The van der Waals surface area contributed by atoms with Gasteiger partial charge in [0, 0.05) is 64.2 Å². The predicted octanol–water partition coefficient (Wildman–Crippen LogP) is 15.0. The number of aromatic nitrogens is 6. The number of allylic oxidation sites excluding steroid dienone is 2. The molecule has 4 aromatic carbocycles. The summed E-state index contributed by atoms with van der Waals surface area (Å²) in [5, 5.41) is 55.8. The number of nitrogens with zero attached hydrogens (tertiary/aromatic N) is 12. The Kier molecular flexibility index (Phi) is 23.5. The first-order valence-corrected chi connectivity index (χ1v) is 38.3. The summed E-state index contributed by atoms with van der Waals surface area (Å²) in [6.07, 6.45) is 4.40. The minimum atomic E-state index is -1.11. The second kappa shape index (κ2) is 32.7. The molecule has 2 aromatic heterocycles. The number of carboxylic acids is 1. The zero-order chi connectivity index (χ0) is 79.8. The molecule has 0 saturated heterocycles. The van der Waals surface area contributed by atoms with E-state index < -0.39 is 29.9 Å². The predicted molar refractivity (Wildman–Crippen MR) is 421 cm³/mol. The SMILES string of the molecule is C=C(CC(=O)Nc1cc(-c2nc3n(n2)C(=Nc2cc4c(cc2C)N(CCOCCN2c5cc(C)c(N=C6C(C#N)=C(C(=O)OC7C(C)CC(C)CC7C)c7nc(-c8ccc(OC)c(NC(=O)CCC(=O)O)c8)nn76)cc5C(C)CC2(C)C)C(C)(C)CC4C)C(C#N)=C3COOC2C(C)CC(C)CC2C)ccc1C=O)OO. The number of nitriles is 2. The number of ether oxygens (including phenoxy) is 3. The van der Waals surface area contributed by atoms with Crippen LogP contribution in [0, 0.1) is 72.0 Å². The molecule has 6 unspecified atom stereocenters. The minimum absolute atomic E-state index is 0.0342. The first-order valence-electron chi connectivity index (χ1n) is 38.3. The minimum Gasteiger partial charge on any atom is -0.495 e. The standard InChI is InChI=1S/C84H100N14O13/c1-44-27-48(5)74(49(6)28-44)109-82(104)73-61(41-86)79(98-81(73)92-77(94-98)56-19-20-69(106-16)66(35-56)88-70(100)21-22-72(102)103)90-64-37-59-53(10)39-84(14,15)96(68(59)32-47(64)4)24-26-107-25-23-95-67-31-46(3)63(36-58(67)52(9)38-83(95,12)13)89-78-60(40-85)62(43-108-111-75-50(7)29-45(2)30-51(75)8)80-91-76(93-97(78)80)55-17-18-57(42-99)65(34-55)87-71(101)33-54(11)110-105/h17-20,31-32,34-37,42,44-45,48-53,74-75,105H,11,21-30,33,38-39,43H2,1-10,12-16H3,(H,87,101)(H,88,100)(H,102,103). The van der Waals surface area contributed by atoms with Crippen molar-refractivity contribution in [3.63, 3.8) is 0 Å². The average molecular weight is 1510 g/mol. The number of aliphatic carboxylic acids is 1. The molecule has 6 aromatic rings. The molecule has 584 valence electrons. The lowest BCUT2D eigenvalue weighted by Crippen LogP contribution is -2.50. The fraction of sp³-hybridized carbons (Fsp3) is 0.488. The fourth-order valence-corrected chi connectivity index (χ4v) is 17.8. The molecule has 4 N–H and O–H groups in total. The molecule has 6 aliphatic rings. The van der Waals surface area contributed by atoms with E-state index in [0.717, 1.165) is 72.2 Å². The third kappa shape index (κ3) is 16.6. The highest BCUT2D eigenvalue weighted by Crippen LogP contribution is 2.49. The lowest BCUT2D eigenvalue weighted by Gasteiger charge is -2.48. The molecule has 4 aliphatic heterocycles. The van der Waals surface area contributed by atoms with E-state index in [1.807, 2.05) is 13.8 Å². The maximum atomic E-state index is 14.8. The van der Waals surface area contributed by atoms with Gasteiger partial charge in [-0.2, -0.15) is 19.9 Å². The summed E-state index contributed by atoms with van der Waals surface area (Å²) >= 11 is 0. The van der Waals surface area contributed by atoms with Gasteiger partial charge in [0.25, 0.3) is 0 Å². The number of carboxylic acid groups (broad SMARTS) is 1. The Bertz CT molecular complexity index is 4890. The lowest BCUT2D eigenvalue weighted by molar-refractivity contribution is -0.338. The molecule has 2 fully saturated rings. The first-order chi connectivity index (χ1) is 52.8. The molecule has 27 nitrogen and oxygen atoms in total. The number of fused-ring (bicyclic) bond motifs is 4. The zero-order valence-corrected chi connectivity index (χ0v) is 66.0. The van der Waals surface area contributed by atoms with E-state index in [4.69, 9.17) is 59.4 Å². The van der Waals surface area contributed by atoms with Crippen LogP contribution >= 0.6 is 0 Å². The van der Waals surface area contributed by atoms with Crippen LogP contribution in [0.2, 0.25) is 0 Å². The molecule has 6 heterocycles. The molecule has 2 saturated carbocycles. The molecular weight excluding hydrogens is 1410 g/mol. The van der Waals surface area contributed by atoms with Crippen LogP contribution in [0.25, 0.3) is 33.9 Å². The normalized spacial score (nSPS) is 23.6. The van der Waals surface area contributed by atoms with E-state index in [1.165, 1.54) is 22.5 Å². The highest BCUT2D eigenvalue weighted by atomic mass is 17.2. The van der Waals surface area contributed by atoms with Gasteiger partial charge in [-0.15, -0.1) is 10.2 Å². The van der Waals surface area contributed by atoms with Crippen LogP contribution in [0.15, 0.2) is 94.1 Å². The van der Waals surface area contributed by atoms with Crippen molar-refractivity contribution in [2.45, 2.75) is 190 Å². The highest BCUT2D eigenvalue weighted by Gasteiger charge is 2.44. The second-order valence-corrected chi connectivity index (χ2v) is 32.6. The molecule has 6 atom stereocenters. The van der Waals surface area contributed by atoms with Crippen molar-refractivity contribution >= 4 is 87.0 Å². The molecule has 2 amide bonds. The van der Waals surface area contributed by atoms with Crippen LogP contribution < -0.4 is 25.2 Å². The molecule has 0 spiro atoms. The van der Waals surface area contributed by atoms with Gasteiger partial charge < -0.3 is 44.6 Å². The fourth-order valence-electron chi connectivity index (χ4n) is 17.8. The van der Waals surface area contributed by atoms with E-state index in [9.17, 15) is 39.6 Å². The number of nitrogens with one attached hydrogen (secondary N) is 2. The van der Waals surface area contributed by atoms with Gasteiger partial charge in [-0.05, 0) is 204 Å². The third-order valence-electron chi connectivity index (χ3n) is 22.8. The van der Waals surface area contributed by atoms with Crippen molar-refractivity contribution in [3.05, 3.63) is 124 Å². The largest absolute Gasteiger partial charge is 0.495 e. The van der Waals surface area contributed by atoms with Crippen molar-refractivity contribution in [1.82, 2.24) is 29.5 Å². The smallest absolute Gasteiger partial charge is 0.343 e.